The molecule has 2 N–H and O–H groups in total. The summed E-state index contributed by atoms with van der Waals surface area (Å²) in [6.45, 7) is 9.24. The Morgan fingerprint density at radius 2 is 1.92 bits per heavy atom. The highest BCUT2D eigenvalue weighted by atomic mass is 127. The maximum Gasteiger partial charge on any atom is 0.416 e. The summed E-state index contributed by atoms with van der Waals surface area (Å²) in [6, 6.07) is 5.77. The molecule has 0 spiro atoms. The van der Waals surface area contributed by atoms with E-state index in [4.69, 9.17) is 0 Å². The predicted octanol–water partition coefficient (Wildman–Crippen LogP) is 3.72. The molecule has 0 amide bonds. The van der Waals surface area contributed by atoms with Crippen LogP contribution in [0.1, 0.15) is 31.9 Å². The normalized spacial score (nSPS) is 12.3. The molecule has 144 valence electrons. The van der Waals surface area contributed by atoms with Crippen molar-refractivity contribution in [3.8, 4) is 0 Å². The molecule has 0 aliphatic heterocycles. The first-order chi connectivity index (χ1) is 11.3. The van der Waals surface area contributed by atoms with Gasteiger partial charge in [0, 0.05) is 32.7 Å². The van der Waals surface area contributed by atoms with Crippen molar-refractivity contribution in [2.45, 2.75) is 39.5 Å². The molecule has 0 unspecified atom stereocenters. The minimum Gasteiger partial charge on any atom is -0.355 e. The number of halogens is 4. The highest BCUT2D eigenvalue weighted by Gasteiger charge is 2.30. The second kappa shape index (κ2) is 11.6. The Morgan fingerprint density at radius 3 is 2.44 bits per heavy atom. The van der Waals surface area contributed by atoms with Crippen molar-refractivity contribution in [1.29, 1.82) is 0 Å². The van der Waals surface area contributed by atoms with E-state index in [0.29, 0.717) is 24.1 Å². The highest BCUT2D eigenvalue weighted by molar-refractivity contribution is 14.0. The Balaban J connectivity index is 0.00000576. The highest BCUT2D eigenvalue weighted by Crippen LogP contribution is 2.29. The molecule has 0 aliphatic carbocycles. The van der Waals surface area contributed by atoms with Gasteiger partial charge in [-0.25, -0.2) is 0 Å². The van der Waals surface area contributed by atoms with Gasteiger partial charge in [0.05, 0.1) is 5.56 Å². The largest absolute Gasteiger partial charge is 0.416 e. The van der Waals surface area contributed by atoms with E-state index in [1.54, 1.807) is 13.1 Å². The Hall–Kier alpha value is -1.03. The van der Waals surface area contributed by atoms with Crippen LogP contribution in [0.3, 0.4) is 0 Å². The van der Waals surface area contributed by atoms with Gasteiger partial charge in [-0.3, -0.25) is 9.89 Å². The number of nitrogens with zero attached hydrogens (tertiary/aromatic N) is 2. The number of alkyl halides is 3. The van der Waals surface area contributed by atoms with E-state index < -0.39 is 11.7 Å². The van der Waals surface area contributed by atoms with E-state index in [-0.39, 0.29) is 30.5 Å². The van der Waals surface area contributed by atoms with Crippen molar-refractivity contribution in [3.63, 3.8) is 0 Å². The summed E-state index contributed by atoms with van der Waals surface area (Å²) in [5.41, 5.74) is -0.0783. The fraction of sp³-hybridized carbons (Fsp3) is 0.588. The number of aliphatic imine (C=N–C) groups is 1. The van der Waals surface area contributed by atoms with Crippen LogP contribution in [0.5, 0.6) is 0 Å². The van der Waals surface area contributed by atoms with Crippen molar-refractivity contribution >= 4 is 29.9 Å². The van der Waals surface area contributed by atoms with Gasteiger partial charge in [0.2, 0.25) is 0 Å². The maximum absolute atomic E-state index is 12.7. The summed E-state index contributed by atoms with van der Waals surface area (Å²) in [6.07, 6.45) is -4.32. The van der Waals surface area contributed by atoms with Gasteiger partial charge in [-0.1, -0.05) is 19.1 Å². The van der Waals surface area contributed by atoms with E-state index in [2.05, 4.69) is 41.3 Å². The molecule has 0 saturated heterocycles. The van der Waals surface area contributed by atoms with E-state index in [9.17, 15) is 13.2 Å². The van der Waals surface area contributed by atoms with Crippen LogP contribution in [0.15, 0.2) is 29.3 Å². The molecular weight excluding hydrogens is 444 g/mol. The zero-order chi connectivity index (χ0) is 18.2. The van der Waals surface area contributed by atoms with Gasteiger partial charge in [-0.05, 0) is 38.1 Å². The minimum atomic E-state index is -4.32. The molecule has 1 aromatic rings. The molecule has 25 heavy (non-hydrogen) atoms. The summed E-state index contributed by atoms with van der Waals surface area (Å²) in [5.74, 6) is 0.576. The van der Waals surface area contributed by atoms with E-state index >= 15 is 0 Å². The lowest BCUT2D eigenvalue weighted by Gasteiger charge is -2.25. The van der Waals surface area contributed by atoms with E-state index in [1.807, 2.05) is 0 Å². The molecule has 0 aromatic heterocycles. The van der Waals surface area contributed by atoms with Gasteiger partial charge in [0.1, 0.15) is 0 Å². The van der Waals surface area contributed by atoms with Crippen molar-refractivity contribution in [2.24, 2.45) is 4.99 Å². The summed E-state index contributed by atoms with van der Waals surface area (Å²) >= 11 is 0. The number of guanidine groups is 1. The third kappa shape index (κ3) is 8.75. The summed E-state index contributed by atoms with van der Waals surface area (Å²) in [4.78, 5) is 6.41. The van der Waals surface area contributed by atoms with Crippen LogP contribution in [-0.4, -0.2) is 43.6 Å². The molecule has 1 aromatic carbocycles. The first-order valence-corrected chi connectivity index (χ1v) is 8.12. The van der Waals surface area contributed by atoms with Crippen LogP contribution in [0.4, 0.5) is 13.2 Å². The third-order valence-corrected chi connectivity index (χ3v) is 3.77. The Morgan fingerprint density at radius 1 is 1.24 bits per heavy atom. The molecule has 0 heterocycles. The second-order valence-electron chi connectivity index (χ2n) is 5.77. The number of rotatable bonds is 7. The van der Waals surface area contributed by atoms with Crippen LogP contribution >= 0.6 is 24.0 Å². The smallest absolute Gasteiger partial charge is 0.355 e. The van der Waals surface area contributed by atoms with Crippen molar-refractivity contribution in [3.05, 3.63) is 35.4 Å². The monoisotopic (exact) mass is 472 g/mol. The standard InChI is InChI=1S/C17H27F3N4.HI/c1-5-24(13(2)3)10-9-22-16(21-4)23-12-14-7-6-8-15(11-14)17(18,19)20;/h6-8,11,13H,5,9-10,12H2,1-4H3,(H2,21,22,23);1H. The first kappa shape index (κ1) is 24.0. The quantitative estimate of drug-likeness (QED) is 0.361. The zero-order valence-corrected chi connectivity index (χ0v) is 17.5. The van der Waals surface area contributed by atoms with E-state index in [0.717, 1.165) is 25.2 Å². The van der Waals surface area contributed by atoms with Crippen LogP contribution in [-0.2, 0) is 12.7 Å². The fourth-order valence-electron chi connectivity index (χ4n) is 2.36. The Bertz CT molecular complexity index is 533. The lowest BCUT2D eigenvalue weighted by molar-refractivity contribution is -0.137. The lowest BCUT2D eigenvalue weighted by Crippen LogP contribution is -2.42. The lowest BCUT2D eigenvalue weighted by atomic mass is 10.1. The number of hydrogen-bond acceptors (Lipinski definition) is 2. The summed E-state index contributed by atoms with van der Waals surface area (Å²) in [7, 11) is 1.64. The van der Waals surface area contributed by atoms with Crippen LogP contribution in [0, 0.1) is 0 Å². The van der Waals surface area contributed by atoms with Crippen molar-refractivity contribution in [2.75, 3.05) is 26.7 Å². The molecule has 4 nitrogen and oxygen atoms in total. The average molecular weight is 472 g/mol. The van der Waals surface area contributed by atoms with Crippen LogP contribution in [0.25, 0.3) is 0 Å². The van der Waals surface area contributed by atoms with Crippen molar-refractivity contribution < 1.29 is 13.2 Å². The summed E-state index contributed by atoms with van der Waals surface area (Å²) < 4.78 is 38.1. The molecule has 0 atom stereocenters. The number of nitrogens with one attached hydrogen (secondary N) is 2. The van der Waals surface area contributed by atoms with Gasteiger partial charge >= 0.3 is 6.18 Å². The molecule has 0 bridgehead atoms. The van der Waals surface area contributed by atoms with E-state index in [1.165, 1.54) is 6.07 Å². The van der Waals surface area contributed by atoms with Gasteiger partial charge in [0.15, 0.2) is 5.96 Å². The molecule has 0 fully saturated rings. The molecular formula is C17H28F3IN4. The molecule has 0 aliphatic rings. The van der Waals surface area contributed by atoms with Crippen LogP contribution < -0.4 is 10.6 Å². The first-order valence-electron chi connectivity index (χ1n) is 8.12. The summed E-state index contributed by atoms with van der Waals surface area (Å²) in [5, 5.41) is 6.22. The molecule has 1 rings (SSSR count). The van der Waals surface area contributed by atoms with Gasteiger partial charge in [0.25, 0.3) is 0 Å². The number of likely N-dealkylation sites (N-methyl/N-ethyl adjacent to an activating group) is 1. The average Bonchev–Trinajstić information content (AvgIpc) is 2.53. The molecule has 0 saturated carbocycles. The SMILES string of the molecule is CCN(CCNC(=NC)NCc1cccc(C(F)(F)F)c1)C(C)C.I. The molecule has 8 heteroatoms. The van der Waals surface area contributed by atoms with Crippen LogP contribution in [0.2, 0.25) is 0 Å². The number of benzene rings is 1. The topological polar surface area (TPSA) is 39.7 Å². The Kier molecular flexibility index (Phi) is 11.1. The minimum absolute atomic E-state index is 0. The Labute approximate surface area is 165 Å². The van der Waals surface area contributed by atoms with Gasteiger partial charge < -0.3 is 10.6 Å². The van der Waals surface area contributed by atoms with Gasteiger partial charge in [-0.15, -0.1) is 24.0 Å². The second-order valence-corrected chi connectivity index (χ2v) is 5.77. The number of hydrogen-bond donors (Lipinski definition) is 2. The molecule has 0 radical (unpaired) electrons. The third-order valence-electron chi connectivity index (χ3n) is 3.77. The fourth-order valence-corrected chi connectivity index (χ4v) is 2.36. The van der Waals surface area contributed by atoms with Gasteiger partial charge in [-0.2, -0.15) is 13.2 Å². The maximum atomic E-state index is 12.7. The zero-order valence-electron chi connectivity index (χ0n) is 15.2. The predicted molar refractivity (Wildman–Crippen MR) is 107 cm³/mol. The van der Waals surface area contributed by atoms with Crippen molar-refractivity contribution in [1.82, 2.24) is 15.5 Å².